The normalized spacial score (nSPS) is 23.2. The van der Waals surface area contributed by atoms with Gasteiger partial charge in [0, 0.05) is 17.8 Å². The number of sulfonamides is 1. The molecule has 1 aromatic carbocycles. The van der Waals surface area contributed by atoms with Gasteiger partial charge in [0.15, 0.2) is 0 Å². The third-order valence-electron chi connectivity index (χ3n) is 4.24. The first-order valence-corrected chi connectivity index (χ1v) is 10.1. The van der Waals surface area contributed by atoms with Gasteiger partial charge in [-0.25, -0.2) is 13.1 Å². The Kier molecular flexibility index (Phi) is 5.71. The number of thioether (sulfide) groups is 1. The van der Waals surface area contributed by atoms with Crippen LogP contribution in [0, 0.1) is 6.92 Å². The smallest absolute Gasteiger partial charge is 0.241 e. The Labute approximate surface area is 131 Å². The molecular formula is C15H24N2O2S2. The minimum atomic E-state index is -3.46. The summed E-state index contributed by atoms with van der Waals surface area (Å²) in [5, 5.41) is 0.674. The molecule has 1 fully saturated rings. The van der Waals surface area contributed by atoms with Crippen molar-refractivity contribution in [3.05, 3.63) is 29.3 Å². The van der Waals surface area contributed by atoms with Gasteiger partial charge in [-0.2, -0.15) is 11.8 Å². The lowest BCUT2D eigenvalue weighted by Crippen LogP contribution is -2.38. The second-order valence-corrected chi connectivity index (χ2v) is 8.40. The molecule has 4 nitrogen and oxygen atoms in total. The Morgan fingerprint density at radius 3 is 2.52 bits per heavy atom. The van der Waals surface area contributed by atoms with Crippen LogP contribution in [0.4, 0.5) is 0 Å². The van der Waals surface area contributed by atoms with E-state index in [-0.39, 0.29) is 6.04 Å². The van der Waals surface area contributed by atoms with Crippen molar-refractivity contribution in [3.63, 3.8) is 0 Å². The summed E-state index contributed by atoms with van der Waals surface area (Å²) in [7, 11) is -3.46. The van der Waals surface area contributed by atoms with E-state index in [1.165, 1.54) is 0 Å². The highest BCUT2D eigenvalue weighted by Gasteiger charge is 2.26. The zero-order valence-electron chi connectivity index (χ0n) is 12.6. The summed E-state index contributed by atoms with van der Waals surface area (Å²) in [5.41, 5.74) is 7.29. The fourth-order valence-electron chi connectivity index (χ4n) is 2.87. The van der Waals surface area contributed by atoms with Crippen LogP contribution in [-0.4, -0.2) is 26.0 Å². The lowest BCUT2D eigenvalue weighted by molar-refractivity contribution is 0.420. The van der Waals surface area contributed by atoms with Crippen LogP contribution >= 0.6 is 11.8 Å². The van der Waals surface area contributed by atoms with Gasteiger partial charge in [0.05, 0.1) is 4.90 Å². The van der Waals surface area contributed by atoms with E-state index in [4.69, 9.17) is 5.73 Å². The Morgan fingerprint density at radius 2 is 1.95 bits per heavy atom. The molecule has 0 atom stereocenters. The Bertz CT molecular complexity index is 579. The number of nitrogens with two attached hydrogens (primary N) is 1. The first-order valence-electron chi connectivity index (χ1n) is 7.31. The first-order chi connectivity index (χ1) is 9.97. The highest BCUT2D eigenvalue weighted by molar-refractivity contribution is 7.99. The van der Waals surface area contributed by atoms with Crippen molar-refractivity contribution in [1.29, 1.82) is 0 Å². The van der Waals surface area contributed by atoms with Crippen LogP contribution in [0.1, 0.15) is 36.8 Å². The molecule has 2 rings (SSSR count). The number of hydrogen-bond acceptors (Lipinski definition) is 4. The van der Waals surface area contributed by atoms with E-state index in [1.54, 1.807) is 12.1 Å². The summed E-state index contributed by atoms with van der Waals surface area (Å²) in [5.74, 6) is 0. The molecule has 1 aliphatic rings. The van der Waals surface area contributed by atoms with Crippen molar-refractivity contribution in [3.8, 4) is 0 Å². The van der Waals surface area contributed by atoms with Crippen LogP contribution < -0.4 is 10.5 Å². The quantitative estimate of drug-likeness (QED) is 0.870. The summed E-state index contributed by atoms with van der Waals surface area (Å²) >= 11 is 1.88. The maximum absolute atomic E-state index is 12.6. The summed E-state index contributed by atoms with van der Waals surface area (Å²) in [6.45, 7) is 2.18. The van der Waals surface area contributed by atoms with Crippen LogP contribution in [0.15, 0.2) is 23.1 Å². The maximum atomic E-state index is 12.6. The third kappa shape index (κ3) is 4.00. The van der Waals surface area contributed by atoms with Crippen LogP contribution in [0.25, 0.3) is 0 Å². The predicted molar refractivity (Wildman–Crippen MR) is 89.0 cm³/mol. The van der Waals surface area contributed by atoms with Crippen molar-refractivity contribution in [2.45, 2.75) is 55.3 Å². The van der Waals surface area contributed by atoms with Gasteiger partial charge < -0.3 is 5.73 Å². The van der Waals surface area contributed by atoms with E-state index in [0.29, 0.717) is 16.7 Å². The molecule has 1 aromatic rings. The van der Waals surface area contributed by atoms with Crippen LogP contribution in [0.2, 0.25) is 0 Å². The topological polar surface area (TPSA) is 72.2 Å². The number of rotatable bonds is 5. The molecule has 0 amide bonds. The molecule has 0 radical (unpaired) electrons. The van der Waals surface area contributed by atoms with Gasteiger partial charge >= 0.3 is 0 Å². The molecule has 0 heterocycles. The Hall–Kier alpha value is -0.560. The monoisotopic (exact) mass is 328 g/mol. The van der Waals surface area contributed by atoms with Crippen LogP contribution in [0.3, 0.4) is 0 Å². The third-order valence-corrected chi connectivity index (χ3v) is 7.04. The first kappa shape index (κ1) is 16.8. The van der Waals surface area contributed by atoms with Gasteiger partial charge in [-0.3, -0.25) is 0 Å². The summed E-state index contributed by atoms with van der Waals surface area (Å²) in [4.78, 5) is 0.359. The van der Waals surface area contributed by atoms with Gasteiger partial charge in [-0.1, -0.05) is 12.1 Å². The van der Waals surface area contributed by atoms with Gasteiger partial charge in [0.1, 0.15) is 0 Å². The van der Waals surface area contributed by atoms with Gasteiger partial charge in [0.2, 0.25) is 10.0 Å². The zero-order chi connectivity index (χ0) is 15.5. The van der Waals surface area contributed by atoms with Crippen molar-refractivity contribution < 1.29 is 8.42 Å². The summed E-state index contributed by atoms with van der Waals surface area (Å²) in [6.07, 6.45) is 6.11. The number of nitrogens with one attached hydrogen (secondary N) is 1. The molecule has 118 valence electrons. The summed E-state index contributed by atoms with van der Waals surface area (Å²) < 4.78 is 28.0. The second kappa shape index (κ2) is 7.13. The lowest BCUT2D eigenvalue weighted by Gasteiger charge is -2.28. The minimum absolute atomic E-state index is 0.0549. The van der Waals surface area contributed by atoms with Crippen molar-refractivity contribution in [1.82, 2.24) is 4.72 Å². The molecule has 0 unspecified atom stereocenters. The van der Waals surface area contributed by atoms with Crippen molar-refractivity contribution in [2.24, 2.45) is 5.73 Å². The molecule has 6 heteroatoms. The molecule has 0 saturated heterocycles. The second-order valence-electron chi connectivity index (χ2n) is 5.58. The highest BCUT2D eigenvalue weighted by atomic mass is 32.2. The van der Waals surface area contributed by atoms with E-state index in [0.717, 1.165) is 36.8 Å². The molecule has 0 spiro atoms. The molecule has 0 aromatic heterocycles. The number of hydrogen-bond donors (Lipinski definition) is 2. The fraction of sp³-hybridized carbons (Fsp3) is 0.600. The van der Waals surface area contributed by atoms with Crippen molar-refractivity contribution in [2.75, 3.05) is 6.26 Å². The van der Waals surface area contributed by atoms with Crippen LogP contribution in [0.5, 0.6) is 0 Å². The fourth-order valence-corrected chi connectivity index (χ4v) is 5.21. The number of benzene rings is 1. The average molecular weight is 329 g/mol. The molecule has 1 saturated carbocycles. The summed E-state index contributed by atoms with van der Waals surface area (Å²) in [6, 6.07) is 5.34. The molecule has 1 aliphatic carbocycles. The van der Waals surface area contributed by atoms with Gasteiger partial charge in [-0.05, 0) is 56.1 Å². The maximum Gasteiger partial charge on any atom is 0.241 e. The lowest BCUT2D eigenvalue weighted by atomic mass is 9.96. The van der Waals surface area contributed by atoms with Gasteiger partial charge in [0.25, 0.3) is 0 Å². The van der Waals surface area contributed by atoms with Crippen LogP contribution in [-0.2, 0) is 16.6 Å². The van der Waals surface area contributed by atoms with E-state index < -0.39 is 10.0 Å². The predicted octanol–water partition coefficient (Wildman–Crippen LogP) is 2.41. The largest absolute Gasteiger partial charge is 0.326 e. The Morgan fingerprint density at radius 1 is 1.29 bits per heavy atom. The molecule has 0 aliphatic heterocycles. The molecule has 0 bridgehead atoms. The molecular weight excluding hydrogens is 304 g/mol. The zero-order valence-corrected chi connectivity index (χ0v) is 14.3. The standard InChI is InChI=1S/C15H24N2O2S2/c1-11-12(10-16)4-3-5-15(11)21(18,19)17-13-6-8-14(20-2)9-7-13/h3-5,13-14,17H,6-10,16H2,1-2H3. The Balaban J connectivity index is 2.12. The van der Waals surface area contributed by atoms with E-state index in [9.17, 15) is 8.42 Å². The van der Waals surface area contributed by atoms with Crippen molar-refractivity contribution >= 4 is 21.8 Å². The highest BCUT2D eigenvalue weighted by Crippen LogP contribution is 2.28. The molecule has 21 heavy (non-hydrogen) atoms. The van der Waals surface area contributed by atoms with E-state index in [2.05, 4.69) is 11.0 Å². The van der Waals surface area contributed by atoms with E-state index in [1.807, 2.05) is 24.8 Å². The van der Waals surface area contributed by atoms with Gasteiger partial charge in [-0.15, -0.1) is 0 Å². The molecule has 3 N–H and O–H groups in total. The SMILES string of the molecule is CSC1CCC(NS(=O)(=O)c2cccc(CN)c2C)CC1. The van der Waals surface area contributed by atoms with E-state index >= 15 is 0 Å². The average Bonchev–Trinajstić information content (AvgIpc) is 2.47. The minimum Gasteiger partial charge on any atom is -0.326 e.